The van der Waals surface area contributed by atoms with Crippen molar-refractivity contribution in [3.63, 3.8) is 0 Å². The number of hydrogen-bond donors (Lipinski definition) is 0. The second-order valence-electron chi connectivity index (χ2n) is 3.08. The molecule has 0 aliphatic carbocycles. The molecule has 0 spiro atoms. The summed E-state index contributed by atoms with van der Waals surface area (Å²) in [5.41, 5.74) is 0. The number of hydrogen-bond acceptors (Lipinski definition) is 6. The molecule has 0 aromatic heterocycles. The van der Waals surface area contributed by atoms with E-state index in [1.54, 1.807) is 0 Å². The van der Waals surface area contributed by atoms with Crippen LogP contribution in [0.5, 0.6) is 0 Å². The van der Waals surface area contributed by atoms with Gasteiger partial charge in [0.25, 0.3) is 0 Å². The van der Waals surface area contributed by atoms with Crippen LogP contribution in [0.4, 0.5) is 0 Å². The van der Waals surface area contributed by atoms with Gasteiger partial charge in [-0.25, -0.2) is 0 Å². The zero-order valence-corrected chi connectivity index (χ0v) is 10.8. The number of carbonyl (C=O) groups is 4. The van der Waals surface area contributed by atoms with Gasteiger partial charge in [0, 0.05) is 26.0 Å². The van der Waals surface area contributed by atoms with E-state index in [-0.39, 0.29) is 20.9 Å². The van der Waals surface area contributed by atoms with Crippen LogP contribution in [0.3, 0.4) is 0 Å². The van der Waals surface area contributed by atoms with Crippen LogP contribution in [0.15, 0.2) is 12.4 Å². The van der Waals surface area contributed by atoms with Gasteiger partial charge in [-0.2, -0.15) is 0 Å². The SMILES string of the molecule is CCN1C=CN(C)C1.O=[CH][Co]([CH]=O)([CH]=O)[CH]=O. The molecule has 0 atom stereocenters. The molecule has 1 aliphatic rings. The fourth-order valence-corrected chi connectivity index (χ4v) is 1.25. The first-order chi connectivity index (χ1) is 8.07. The zero-order chi connectivity index (χ0) is 13.3. The standard InChI is InChI=1S/C6H12N2.4CHO.Co/c1-3-8-5-4-7(2)6-8;4*1-2;/h4-5H,3,6H2,1-2H3;4*1H;. The number of nitrogens with zero attached hydrogens (tertiary/aromatic N) is 2. The molecule has 99 valence electrons. The molecular formula is C10H16CoN2O4. The van der Waals surface area contributed by atoms with E-state index in [0.717, 1.165) is 13.2 Å². The van der Waals surface area contributed by atoms with Gasteiger partial charge in [0.05, 0.1) is 6.67 Å². The Hall–Kier alpha value is -1.47. The molecule has 1 heterocycles. The maximum atomic E-state index is 9.88. The van der Waals surface area contributed by atoms with Gasteiger partial charge in [-0.3, -0.25) is 0 Å². The maximum absolute atomic E-state index is 9.88. The van der Waals surface area contributed by atoms with Gasteiger partial charge in [-0.05, 0) is 6.92 Å². The van der Waals surface area contributed by atoms with Gasteiger partial charge >= 0.3 is 52.7 Å². The normalized spacial score (nSPS) is 14.7. The summed E-state index contributed by atoms with van der Waals surface area (Å²) in [5.74, 6) is 0. The Morgan fingerprint density at radius 1 is 1.06 bits per heavy atom. The molecular weight excluding hydrogens is 271 g/mol. The van der Waals surface area contributed by atoms with Gasteiger partial charge in [-0.1, -0.05) is 0 Å². The molecule has 0 N–H and O–H groups in total. The average Bonchev–Trinajstić information content (AvgIpc) is 2.80. The Morgan fingerprint density at radius 2 is 1.53 bits per heavy atom. The second kappa shape index (κ2) is 7.74. The van der Waals surface area contributed by atoms with Crippen LogP contribution in [-0.4, -0.2) is 50.9 Å². The topological polar surface area (TPSA) is 74.8 Å². The molecule has 0 amide bonds. The fraction of sp³-hybridized carbons (Fsp3) is 0.400. The summed E-state index contributed by atoms with van der Waals surface area (Å²) in [5, 5.41) is 0.438. The van der Waals surface area contributed by atoms with Crippen molar-refractivity contribution in [1.29, 1.82) is 0 Å². The summed E-state index contributed by atoms with van der Waals surface area (Å²) in [4.78, 5) is 43.9. The number of carbonyl (C=O) groups excluding carboxylic acids is 4. The Bertz CT molecular complexity index is 282. The molecule has 0 fully saturated rings. The summed E-state index contributed by atoms with van der Waals surface area (Å²) in [7, 11) is 2.08. The first-order valence-corrected chi connectivity index (χ1v) is 7.07. The monoisotopic (exact) mass is 287 g/mol. The van der Waals surface area contributed by atoms with Crippen molar-refractivity contribution in [1.82, 2.24) is 9.80 Å². The Morgan fingerprint density at radius 3 is 1.65 bits per heavy atom. The number of rotatable bonds is 5. The molecule has 0 bridgehead atoms. The molecule has 0 radical (unpaired) electrons. The van der Waals surface area contributed by atoms with Crippen LogP contribution in [0.2, 0.25) is 0 Å². The Balaban J connectivity index is 0.000000302. The van der Waals surface area contributed by atoms with Crippen molar-refractivity contribution in [2.45, 2.75) is 6.92 Å². The van der Waals surface area contributed by atoms with Crippen molar-refractivity contribution < 1.29 is 31.8 Å². The predicted octanol–water partition coefficient (Wildman–Crippen LogP) is -0.416. The summed E-state index contributed by atoms with van der Waals surface area (Å²) < 4.78 is 0. The van der Waals surface area contributed by atoms with Crippen LogP contribution in [0.1, 0.15) is 6.92 Å². The van der Waals surface area contributed by atoms with Crippen molar-refractivity contribution >= 4 is 20.9 Å². The molecule has 0 unspecified atom stereocenters. The van der Waals surface area contributed by atoms with Crippen molar-refractivity contribution in [2.75, 3.05) is 20.3 Å². The minimum absolute atomic E-state index is 0.109. The van der Waals surface area contributed by atoms with Gasteiger partial charge in [0.1, 0.15) is 0 Å². The van der Waals surface area contributed by atoms with Gasteiger partial charge < -0.3 is 9.80 Å². The quantitative estimate of drug-likeness (QED) is 0.640. The summed E-state index contributed by atoms with van der Waals surface area (Å²) in [6.07, 6.45) is 4.20. The molecule has 0 aromatic carbocycles. The predicted molar refractivity (Wildman–Crippen MR) is 61.2 cm³/mol. The summed E-state index contributed by atoms with van der Waals surface area (Å²) in [6, 6.07) is 0. The van der Waals surface area contributed by atoms with E-state index in [4.69, 9.17) is 0 Å². The molecule has 6 nitrogen and oxygen atoms in total. The van der Waals surface area contributed by atoms with E-state index >= 15 is 0 Å². The fourth-order valence-electron chi connectivity index (χ4n) is 0.905. The molecule has 7 heteroatoms. The average molecular weight is 287 g/mol. The molecule has 0 aromatic rings. The van der Waals surface area contributed by atoms with Crippen molar-refractivity contribution in [2.24, 2.45) is 0 Å². The molecule has 0 saturated carbocycles. The first kappa shape index (κ1) is 15.5. The molecule has 17 heavy (non-hydrogen) atoms. The van der Waals surface area contributed by atoms with Crippen LogP contribution in [0.25, 0.3) is 0 Å². The van der Waals surface area contributed by atoms with E-state index in [1.807, 2.05) is 0 Å². The van der Waals surface area contributed by atoms with Gasteiger partial charge in [-0.15, -0.1) is 0 Å². The molecule has 1 rings (SSSR count). The second-order valence-corrected chi connectivity index (χ2v) is 6.15. The van der Waals surface area contributed by atoms with Crippen LogP contribution in [0, 0.1) is 0 Å². The van der Waals surface area contributed by atoms with Gasteiger partial charge in [0.2, 0.25) is 0 Å². The third-order valence-electron chi connectivity index (χ3n) is 1.89. The minimum atomic E-state index is -3.12. The summed E-state index contributed by atoms with van der Waals surface area (Å²) >= 11 is -3.12. The van der Waals surface area contributed by atoms with Crippen LogP contribution in [-0.2, 0) is 31.8 Å². The van der Waals surface area contributed by atoms with Crippen LogP contribution >= 0.6 is 0 Å². The van der Waals surface area contributed by atoms with Crippen molar-refractivity contribution in [3.05, 3.63) is 12.4 Å². The summed E-state index contributed by atoms with van der Waals surface area (Å²) in [6.45, 7) is 4.32. The third-order valence-corrected chi connectivity index (χ3v) is 3.59. The van der Waals surface area contributed by atoms with E-state index in [2.05, 4.69) is 36.2 Å². The van der Waals surface area contributed by atoms with E-state index in [1.165, 1.54) is 0 Å². The van der Waals surface area contributed by atoms with Gasteiger partial charge in [0.15, 0.2) is 0 Å². The van der Waals surface area contributed by atoms with E-state index < -0.39 is 12.6 Å². The molecule has 0 saturated heterocycles. The third kappa shape index (κ3) is 4.92. The zero-order valence-electron chi connectivity index (χ0n) is 9.74. The first-order valence-electron chi connectivity index (χ1n) is 4.67. The molecule has 1 aliphatic heterocycles. The van der Waals surface area contributed by atoms with Crippen molar-refractivity contribution in [3.8, 4) is 0 Å². The Kier molecular flexibility index (Phi) is 7.07. The van der Waals surface area contributed by atoms with Crippen LogP contribution < -0.4 is 0 Å². The van der Waals surface area contributed by atoms with E-state index in [0.29, 0.717) is 0 Å². The Labute approximate surface area is 102 Å². The van der Waals surface area contributed by atoms with E-state index in [9.17, 15) is 19.2 Å².